The van der Waals surface area contributed by atoms with Crippen molar-refractivity contribution in [1.29, 1.82) is 0 Å². The number of nitrogens with zero attached hydrogens (tertiary/aromatic N) is 2. The summed E-state index contributed by atoms with van der Waals surface area (Å²) in [5, 5.41) is 6.26. The quantitative estimate of drug-likeness (QED) is 0.459. The van der Waals surface area contributed by atoms with Crippen LogP contribution >= 0.6 is 0 Å². The Labute approximate surface area is 125 Å². The number of hydrogen-bond acceptors (Lipinski definition) is 2. The Balaban J connectivity index is 2.56. The molecule has 0 amide bonds. The van der Waals surface area contributed by atoms with E-state index in [1.54, 1.807) is 0 Å². The number of halogens is 2. The van der Waals surface area contributed by atoms with Crippen LogP contribution in [0, 0.1) is 11.6 Å². The smallest absolute Gasteiger partial charge is 0.191 e. The molecule has 2 N–H and O–H groups in total. The summed E-state index contributed by atoms with van der Waals surface area (Å²) in [7, 11) is 4.04. The molecule has 0 bridgehead atoms. The highest BCUT2D eigenvalue weighted by Crippen LogP contribution is 2.10. The van der Waals surface area contributed by atoms with Crippen LogP contribution in [0.5, 0.6) is 0 Å². The molecule has 0 spiro atoms. The van der Waals surface area contributed by atoms with Gasteiger partial charge in [0.2, 0.25) is 0 Å². The standard InChI is InChI=1S/C15H24F2N4/c1-4-18-15(19-8-5-9-21(2)3)20-11-12-10-13(16)6-7-14(12)17/h6-7,10H,4-5,8-9,11H2,1-3H3,(H2,18,19,20). The van der Waals surface area contributed by atoms with Crippen LogP contribution < -0.4 is 10.6 Å². The second-order valence-corrected chi connectivity index (χ2v) is 5.01. The SMILES string of the molecule is CCNC(=NCc1cc(F)ccc1F)NCCCN(C)C. The zero-order valence-electron chi connectivity index (χ0n) is 12.9. The average Bonchev–Trinajstić information content (AvgIpc) is 2.43. The molecule has 4 nitrogen and oxygen atoms in total. The van der Waals surface area contributed by atoms with Crippen molar-refractivity contribution in [3.8, 4) is 0 Å². The van der Waals surface area contributed by atoms with Crippen LogP contribution in [0.15, 0.2) is 23.2 Å². The predicted octanol–water partition coefficient (Wildman–Crippen LogP) is 1.97. The van der Waals surface area contributed by atoms with Gasteiger partial charge in [0.15, 0.2) is 5.96 Å². The molecule has 1 rings (SSSR count). The lowest BCUT2D eigenvalue weighted by Gasteiger charge is -2.13. The van der Waals surface area contributed by atoms with Crippen LogP contribution in [0.4, 0.5) is 8.78 Å². The molecule has 0 aliphatic rings. The Hall–Kier alpha value is -1.69. The van der Waals surface area contributed by atoms with E-state index in [-0.39, 0.29) is 12.1 Å². The highest BCUT2D eigenvalue weighted by molar-refractivity contribution is 5.79. The van der Waals surface area contributed by atoms with E-state index in [1.807, 2.05) is 21.0 Å². The van der Waals surface area contributed by atoms with Crippen LogP contribution in [0.1, 0.15) is 18.9 Å². The first-order chi connectivity index (χ1) is 10.0. The topological polar surface area (TPSA) is 39.7 Å². The van der Waals surface area contributed by atoms with Crippen molar-refractivity contribution in [2.75, 3.05) is 33.7 Å². The lowest BCUT2D eigenvalue weighted by molar-refractivity contribution is 0.399. The molecule has 0 saturated carbocycles. The van der Waals surface area contributed by atoms with Gasteiger partial charge in [0, 0.05) is 18.7 Å². The van der Waals surface area contributed by atoms with Gasteiger partial charge in [-0.15, -0.1) is 0 Å². The second-order valence-electron chi connectivity index (χ2n) is 5.01. The van der Waals surface area contributed by atoms with Gasteiger partial charge in [-0.25, -0.2) is 13.8 Å². The largest absolute Gasteiger partial charge is 0.357 e. The number of rotatable bonds is 7. The van der Waals surface area contributed by atoms with E-state index in [1.165, 1.54) is 6.07 Å². The first-order valence-electron chi connectivity index (χ1n) is 7.13. The first-order valence-corrected chi connectivity index (χ1v) is 7.13. The number of nitrogens with one attached hydrogen (secondary N) is 2. The summed E-state index contributed by atoms with van der Waals surface area (Å²) in [6.07, 6.45) is 0.978. The van der Waals surface area contributed by atoms with Crippen molar-refractivity contribution in [2.24, 2.45) is 4.99 Å². The van der Waals surface area contributed by atoms with Crippen LogP contribution in [0.25, 0.3) is 0 Å². The molecule has 0 aliphatic heterocycles. The lowest BCUT2D eigenvalue weighted by Crippen LogP contribution is -2.38. The van der Waals surface area contributed by atoms with E-state index in [4.69, 9.17) is 0 Å². The van der Waals surface area contributed by atoms with Crippen LogP contribution in [0.3, 0.4) is 0 Å². The third kappa shape index (κ3) is 7.04. The van der Waals surface area contributed by atoms with Gasteiger partial charge in [-0.3, -0.25) is 0 Å². The lowest BCUT2D eigenvalue weighted by atomic mass is 10.2. The van der Waals surface area contributed by atoms with Gasteiger partial charge in [0.25, 0.3) is 0 Å². The maximum Gasteiger partial charge on any atom is 0.191 e. The molecule has 0 saturated heterocycles. The van der Waals surface area contributed by atoms with Crippen LogP contribution in [-0.2, 0) is 6.54 Å². The third-order valence-electron chi connectivity index (χ3n) is 2.83. The summed E-state index contributed by atoms with van der Waals surface area (Å²) in [6, 6.07) is 3.40. The minimum atomic E-state index is -0.453. The fourth-order valence-corrected chi connectivity index (χ4v) is 1.77. The maximum absolute atomic E-state index is 13.5. The highest BCUT2D eigenvalue weighted by Gasteiger charge is 2.04. The summed E-state index contributed by atoms with van der Waals surface area (Å²) in [5.41, 5.74) is 0.250. The van der Waals surface area contributed by atoms with Crippen molar-refractivity contribution < 1.29 is 8.78 Å². The summed E-state index contributed by atoms with van der Waals surface area (Å²) >= 11 is 0. The van der Waals surface area contributed by atoms with E-state index < -0.39 is 11.6 Å². The molecule has 0 aliphatic carbocycles. The molecule has 21 heavy (non-hydrogen) atoms. The Morgan fingerprint density at radius 1 is 1.24 bits per heavy atom. The van der Waals surface area contributed by atoms with Crippen molar-refractivity contribution in [1.82, 2.24) is 15.5 Å². The highest BCUT2D eigenvalue weighted by atomic mass is 19.1. The molecule has 0 fully saturated rings. The first kappa shape index (κ1) is 17.4. The van der Waals surface area contributed by atoms with Gasteiger partial charge < -0.3 is 15.5 Å². The van der Waals surface area contributed by atoms with Crippen molar-refractivity contribution in [3.63, 3.8) is 0 Å². The van der Waals surface area contributed by atoms with Crippen LogP contribution in [-0.4, -0.2) is 44.6 Å². The van der Waals surface area contributed by atoms with E-state index in [2.05, 4.69) is 20.5 Å². The third-order valence-corrected chi connectivity index (χ3v) is 2.83. The maximum atomic E-state index is 13.5. The molecule has 0 heterocycles. The summed E-state index contributed by atoms with van der Waals surface area (Å²) < 4.78 is 26.6. The van der Waals surface area contributed by atoms with Gasteiger partial charge in [-0.05, 0) is 52.2 Å². The molecule has 6 heteroatoms. The van der Waals surface area contributed by atoms with Gasteiger partial charge in [-0.1, -0.05) is 0 Å². The van der Waals surface area contributed by atoms with Gasteiger partial charge in [0.1, 0.15) is 11.6 Å². The summed E-state index contributed by atoms with van der Waals surface area (Å²) in [6.45, 7) is 4.53. The zero-order chi connectivity index (χ0) is 15.7. The number of aliphatic imine (C=N–C) groups is 1. The number of benzene rings is 1. The second kappa shape index (κ2) is 9.28. The van der Waals surface area contributed by atoms with Gasteiger partial charge in [0.05, 0.1) is 6.54 Å². The molecule has 0 unspecified atom stereocenters. The summed E-state index contributed by atoms with van der Waals surface area (Å²) in [4.78, 5) is 6.38. The fraction of sp³-hybridized carbons (Fsp3) is 0.533. The number of guanidine groups is 1. The fourth-order valence-electron chi connectivity index (χ4n) is 1.77. The Morgan fingerprint density at radius 2 is 2.00 bits per heavy atom. The Morgan fingerprint density at radius 3 is 2.67 bits per heavy atom. The molecular formula is C15H24F2N4. The monoisotopic (exact) mass is 298 g/mol. The van der Waals surface area contributed by atoms with Crippen LogP contribution in [0.2, 0.25) is 0 Å². The predicted molar refractivity (Wildman–Crippen MR) is 82.3 cm³/mol. The molecule has 1 aromatic carbocycles. The van der Waals surface area contributed by atoms with Gasteiger partial charge >= 0.3 is 0 Å². The molecule has 0 aromatic heterocycles. The Kier molecular flexibility index (Phi) is 7.68. The Bertz CT molecular complexity index is 461. The molecule has 118 valence electrons. The molecule has 0 radical (unpaired) electrons. The number of hydrogen-bond donors (Lipinski definition) is 2. The molecule has 0 atom stereocenters. The average molecular weight is 298 g/mol. The van der Waals surface area contributed by atoms with E-state index in [0.29, 0.717) is 12.5 Å². The normalized spacial score (nSPS) is 11.8. The van der Waals surface area contributed by atoms with Crippen molar-refractivity contribution in [2.45, 2.75) is 19.9 Å². The van der Waals surface area contributed by atoms with Crippen molar-refractivity contribution in [3.05, 3.63) is 35.4 Å². The zero-order valence-corrected chi connectivity index (χ0v) is 12.9. The minimum Gasteiger partial charge on any atom is -0.357 e. The van der Waals surface area contributed by atoms with E-state index in [0.717, 1.165) is 31.6 Å². The molecular weight excluding hydrogens is 274 g/mol. The molecule has 1 aromatic rings. The van der Waals surface area contributed by atoms with E-state index in [9.17, 15) is 8.78 Å². The summed E-state index contributed by atoms with van der Waals surface area (Å²) in [5.74, 6) is -0.283. The van der Waals surface area contributed by atoms with Crippen molar-refractivity contribution >= 4 is 5.96 Å². The minimum absolute atomic E-state index is 0.104. The van der Waals surface area contributed by atoms with E-state index >= 15 is 0 Å². The van der Waals surface area contributed by atoms with Gasteiger partial charge in [-0.2, -0.15) is 0 Å².